The summed E-state index contributed by atoms with van der Waals surface area (Å²) in [7, 11) is 1.62. The van der Waals surface area contributed by atoms with Gasteiger partial charge in [0.15, 0.2) is 0 Å². The summed E-state index contributed by atoms with van der Waals surface area (Å²) < 4.78 is 5.20. The second-order valence-corrected chi connectivity index (χ2v) is 4.10. The Morgan fingerprint density at radius 1 is 1.19 bits per heavy atom. The number of aliphatic hydroxyl groups excluding tert-OH is 2. The lowest BCUT2D eigenvalue weighted by molar-refractivity contribution is 0.0160. The molecule has 0 aliphatic rings. The third-order valence-electron chi connectivity index (χ3n) is 2.88. The monoisotopic (exact) mass is 224 g/mol. The van der Waals surface area contributed by atoms with Gasteiger partial charge in [-0.25, -0.2) is 0 Å². The molecule has 0 spiro atoms. The number of methoxy groups -OCH3 is 1. The Morgan fingerprint density at radius 2 is 1.81 bits per heavy atom. The van der Waals surface area contributed by atoms with E-state index in [0.717, 1.165) is 22.4 Å². The van der Waals surface area contributed by atoms with E-state index in [4.69, 9.17) is 4.74 Å². The molecule has 90 valence electrons. The second kappa shape index (κ2) is 5.32. The van der Waals surface area contributed by atoms with Gasteiger partial charge in [-0.2, -0.15) is 0 Å². The fourth-order valence-corrected chi connectivity index (χ4v) is 1.78. The van der Waals surface area contributed by atoms with Crippen LogP contribution in [0.1, 0.15) is 36.1 Å². The fourth-order valence-electron chi connectivity index (χ4n) is 1.78. The van der Waals surface area contributed by atoms with Crippen LogP contribution in [0.3, 0.4) is 0 Å². The third-order valence-corrected chi connectivity index (χ3v) is 2.88. The van der Waals surface area contributed by atoms with Crippen LogP contribution in [0, 0.1) is 13.8 Å². The molecule has 16 heavy (non-hydrogen) atoms. The van der Waals surface area contributed by atoms with Gasteiger partial charge in [0.25, 0.3) is 0 Å². The number of hydrogen-bond donors (Lipinski definition) is 2. The SMILES string of the molecule is CCC(O)C(O)c1cc(C)c(OC)cc1C. The van der Waals surface area contributed by atoms with Crippen molar-refractivity contribution < 1.29 is 14.9 Å². The molecule has 0 heterocycles. The predicted octanol–water partition coefficient (Wildman–Crippen LogP) is 2.12. The molecule has 0 saturated carbocycles. The quantitative estimate of drug-likeness (QED) is 0.823. The van der Waals surface area contributed by atoms with Gasteiger partial charge in [-0.1, -0.05) is 6.92 Å². The van der Waals surface area contributed by atoms with Crippen molar-refractivity contribution in [1.29, 1.82) is 0 Å². The number of rotatable bonds is 4. The van der Waals surface area contributed by atoms with Crippen molar-refractivity contribution in [2.45, 2.75) is 39.4 Å². The number of ether oxygens (including phenoxy) is 1. The summed E-state index contributed by atoms with van der Waals surface area (Å²) in [6.07, 6.45) is -1.01. The van der Waals surface area contributed by atoms with E-state index < -0.39 is 12.2 Å². The molecule has 0 amide bonds. The van der Waals surface area contributed by atoms with Crippen LogP contribution in [0.15, 0.2) is 12.1 Å². The van der Waals surface area contributed by atoms with Crippen LogP contribution >= 0.6 is 0 Å². The van der Waals surface area contributed by atoms with E-state index in [0.29, 0.717) is 6.42 Å². The number of aliphatic hydroxyl groups is 2. The molecule has 2 atom stereocenters. The summed E-state index contributed by atoms with van der Waals surface area (Å²) in [4.78, 5) is 0. The predicted molar refractivity (Wildman–Crippen MR) is 63.7 cm³/mol. The third kappa shape index (κ3) is 2.54. The Hall–Kier alpha value is -1.06. The molecule has 2 N–H and O–H groups in total. The van der Waals surface area contributed by atoms with Crippen LogP contribution in [0.5, 0.6) is 5.75 Å². The minimum absolute atomic E-state index is 0.533. The van der Waals surface area contributed by atoms with Gasteiger partial charge in [-0.05, 0) is 49.1 Å². The maximum Gasteiger partial charge on any atom is 0.122 e. The molecule has 0 fully saturated rings. The smallest absolute Gasteiger partial charge is 0.122 e. The highest BCUT2D eigenvalue weighted by molar-refractivity contribution is 5.42. The minimum Gasteiger partial charge on any atom is -0.496 e. The van der Waals surface area contributed by atoms with Gasteiger partial charge in [0.1, 0.15) is 11.9 Å². The van der Waals surface area contributed by atoms with Gasteiger partial charge in [-0.15, -0.1) is 0 Å². The molecule has 0 saturated heterocycles. The Labute approximate surface area is 96.7 Å². The van der Waals surface area contributed by atoms with Crippen LogP contribution in [0.25, 0.3) is 0 Å². The highest BCUT2D eigenvalue weighted by Gasteiger charge is 2.19. The van der Waals surface area contributed by atoms with Crippen molar-refractivity contribution >= 4 is 0 Å². The van der Waals surface area contributed by atoms with Crippen LogP contribution < -0.4 is 4.74 Å². The Morgan fingerprint density at radius 3 is 2.31 bits per heavy atom. The van der Waals surface area contributed by atoms with Crippen molar-refractivity contribution in [3.8, 4) is 5.75 Å². The first-order valence-corrected chi connectivity index (χ1v) is 5.52. The maximum absolute atomic E-state index is 9.97. The highest BCUT2D eigenvalue weighted by atomic mass is 16.5. The molecule has 1 aromatic carbocycles. The maximum atomic E-state index is 9.97. The molecule has 3 heteroatoms. The highest BCUT2D eigenvalue weighted by Crippen LogP contribution is 2.28. The summed E-state index contributed by atoms with van der Waals surface area (Å²) in [6, 6.07) is 3.76. The Kier molecular flexibility index (Phi) is 4.33. The molecule has 2 unspecified atom stereocenters. The number of hydrogen-bond acceptors (Lipinski definition) is 3. The molecular weight excluding hydrogens is 204 g/mol. The lowest BCUT2D eigenvalue weighted by atomic mass is 9.96. The standard InChI is InChI=1S/C13H20O3/c1-5-11(14)13(15)10-6-9(3)12(16-4)7-8(10)2/h6-7,11,13-15H,5H2,1-4H3. The second-order valence-electron chi connectivity index (χ2n) is 4.10. The zero-order valence-electron chi connectivity index (χ0n) is 10.3. The lowest BCUT2D eigenvalue weighted by Crippen LogP contribution is -2.18. The summed E-state index contributed by atoms with van der Waals surface area (Å²) >= 11 is 0. The fraction of sp³-hybridized carbons (Fsp3) is 0.538. The van der Waals surface area contributed by atoms with Crippen molar-refractivity contribution in [2.24, 2.45) is 0 Å². The van der Waals surface area contributed by atoms with Crippen molar-refractivity contribution in [2.75, 3.05) is 7.11 Å². The van der Waals surface area contributed by atoms with Crippen LogP contribution in [0.4, 0.5) is 0 Å². The lowest BCUT2D eigenvalue weighted by Gasteiger charge is -2.20. The molecule has 0 aliphatic carbocycles. The van der Waals surface area contributed by atoms with Gasteiger partial charge >= 0.3 is 0 Å². The summed E-state index contributed by atoms with van der Waals surface area (Å²) in [5, 5.41) is 19.6. The van der Waals surface area contributed by atoms with E-state index in [2.05, 4.69) is 0 Å². The van der Waals surface area contributed by atoms with E-state index in [1.54, 1.807) is 7.11 Å². The number of benzene rings is 1. The van der Waals surface area contributed by atoms with Gasteiger partial charge in [0.2, 0.25) is 0 Å². The van der Waals surface area contributed by atoms with Gasteiger partial charge < -0.3 is 14.9 Å². The average molecular weight is 224 g/mol. The summed E-state index contributed by atoms with van der Waals surface area (Å²) in [5.41, 5.74) is 2.67. The zero-order valence-corrected chi connectivity index (χ0v) is 10.3. The van der Waals surface area contributed by atoms with Crippen molar-refractivity contribution in [3.05, 3.63) is 28.8 Å². The minimum atomic E-state index is -0.824. The van der Waals surface area contributed by atoms with E-state index in [-0.39, 0.29) is 0 Å². The Balaban J connectivity index is 3.10. The normalized spacial score (nSPS) is 14.6. The Bertz CT molecular complexity index is 360. The van der Waals surface area contributed by atoms with Gasteiger partial charge in [0, 0.05) is 0 Å². The molecule has 0 bridgehead atoms. The van der Waals surface area contributed by atoms with Gasteiger partial charge in [-0.3, -0.25) is 0 Å². The topological polar surface area (TPSA) is 49.7 Å². The van der Waals surface area contributed by atoms with Crippen LogP contribution in [-0.2, 0) is 0 Å². The summed E-state index contributed by atoms with van der Waals surface area (Å²) in [6.45, 7) is 5.68. The van der Waals surface area contributed by atoms with Crippen molar-refractivity contribution in [1.82, 2.24) is 0 Å². The van der Waals surface area contributed by atoms with E-state index in [9.17, 15) is 10.2 Å². The van der Waals surface area contributed by atoms with E-state index in [1.165, 1.54) is 0 Å². The van der Waals surface area contributed by atoms with Crippen LogP contribution in [-0.4, -0.2) is 23.4 Å². The van der Waals surface area contributed by atoms with Gasteiger partial charge in [0.05, 0.1) is 13.2 Å². The zero-order chi connectivity index (χ0) is 12.3. The first-order chi connectivity index (χ1) is 7.51. The molecule has 3 nitrogen and oxygen atoms in total. The van der Waals surface area contributed by atoms with Crippen molar-refractivity contribution in [3.63, 3.8) is 0 Å². The van der Waals surface area contributed by atoms with E-state index >= 15 is 0 Å². The summed E-state index contributed by atoms with van der Waals surface area (Å²) in [5.74, 6) is 0.805. The molecular formula is C13H20O3. The largest absolute Gasteiger partial charge is 0.496 e. The average Bonchev–Trinajstić information content (AvgIpc) is 2.29. The first kappa shape index (κ1) is 13.0. The molecule has 0 aromatic heterocycles. The molecule has 0 aliphatic heterocycles. The van der Waals surface area contributed by atoms with E-state index in [1.807, 2.05) is 32.9 Å². The first-order valence-electron chi connectivity index (χ1n) is 5.52. The number of aryl methyl sites for hydroxylation is 2. The van der Waals surface area contributed by atoms with Crippen LogP contribution in [0.2, 0.25) is 0 Å². The molecule has 1 rings (SSSR count). The molecule has 1 aromatic rings. The molecule has 0 radical (unpaired) electrons.